The summed E-state index contributed by atoms with van der Waals surface area (Å²) in [6.45, 7) is 1.90. The van der Waals surface area contributed by atoms with E-state index >= 15 is 0 Å². The third-order valence-corrected chi connectivity index (χ3v) is 3.56. The molecule has 3 rings (SSSR count). The fraction of sp³-hybridized carbons (Fsp3) is 0.125. The third kappa shape index (κ3) is 3.06. The number of fused-ring (bicyclic) bond motifs is 1. The Morgan fingerprint density at radius 1 is 1.29 bits per heavy atom. The van der Waals surface area contributed by atoms with Gasteiger partial charge in [-0.3, -0.25) is 4.79 Å². The number of amides is 1. The molecule has 0 radical (unpaired) electrons. The van der Waals surface area contributed by atoms with E-state index in [4.69, 9.17) is 11.6 Å². The lowest BCUT2D eigenvalue weighted by Crippen LogP contribution is -2.14. The Kier molecular flexibility index (Phi) is 3.62. The van der Waals surface area contributed by atoms with E-state index in [1.54, 1.807) is 6.07 Å². The number of imidazole rings is 1. The van der Waals surface area contributed by atoms with E-state index in [9.17, 15) is 4.79 Å². The number of nitrogens with one attached hydrogen (secondary N) is 2. The Bertz CT molecular complexity index is 810. The summed E-state index contributed by atoms with van der Waals surface area (Å²) in [6, 6.07) is 12.9. The van der Waals surface area contributed by atoms with Crippen molar-refractivity contribution in [2.75, 3.05) is 5.32 Å². The molecule has 0 spiro atoms. The number of hydrogen-bond donors (Lipinski definition) is 2. The lowest BCUT2D eigenvalue weighted by molar-refractivity contribution is -0.115. The minimum Gasteiger partial charge on any atom is -0.342 e. The van der Waals surface area contributed by atoms with Crippen molar-refractivity contribution in [1.82, 2.24) is 9.97 Å². The zero-order valence-corrected chi connectivity index (χ0v) is 12.2. The number of hydrogen-bond acceptors (Lipinski definition) is 2. The van der Waals surface area contributed by atoms with Crippen molar-refractivity contribution in [3.05, 3.63) is 58.9 Å². The predicted octanol–water partition coefficient (Wildman–Crippen LogP) is 3.71. The van der Waals surface area contributed by atoms with Crippen molar-refractivity contribution in [3.63, 3.8) is 0 Å². The van der Waals surface area contributed by atoms with Gasteiger partial charge < -0.3 is 10.3 Å². The lowest BCUT2D eigenvalue weighted by atomic mass is 10.1. The molecule has 0 aliphatic rings. The molecule has 0 bridgehead atoms. The van der Waals surface area contributed by atoms with Crippen molar-refractivity contribution in [2.24, 2.45) is 0 Å². The molecule has 3 aromatic rings. The standard InChI is InChI=1S/C16H14ClN3O/c1-10-18-14-7-6-12(9-15(14)19-10)20-16(21)8-11-4-2-3-5-13(11)17/h2-7,9H,8H2,1H3,(H,18,19)(H,20,21). The molecule has 5 heteroatoms. The number of carbonyl (C=O) groups excluding carboxylic acids is 1. The fourth-order valence-electron chi connectivity index (χ4n) is 2.23. The molecule has 106 valence electrons. The maximum atomic E-state index is 12.1. The molecule has 0 aliphatic carbocycles. The summed E-state index contributed by atoms with van der Waals surface area (Å²) in [7, 11) is 0. The number of halogens is 1. The molecule has 2 aromatic carbocycles. The molecule has 0 aliphatic heterocycles. The van der Waals surface area contributed by atoms with Crippen LogP contribution in [0.25, 0.3) is 11.0 Å². The predicted molar refractivity (Wildman–Crippen MR) is 84.6 cm³/mol. The molecule has 0 saturated carbocycles. The molecule has 0 fully saturated rings. The summed E-state index contributed by atoms with van der Waals surface area (Å²) < 4.78 is 0. The maximum absolute atomic E-state index is 12.1. The van der Waals surface area contributed by atoms with Crippen LogP contribution in [0.2, 0.25) is 5.02 Å². The molecule has 0 saturated heterocycles. The summed E-state index contributed by atoms with van der Waals surface area (Å²) in [5, 5.41) is 3.48. The van der Waals surface area contributed by atoms with Crippen LogP contribution in [0.1, 0.15) is 11.4 Å². The van der Waals surface area contributed by atoms with Crippen LogP contribution in [-0.2, 0) is 11.2 Å². The molecule has 0 unspecified atom stereocenters. The van der Waals surface area contributed by atoms with Crippen LogP contribution in [0.15, 0.2) is 42.5 Å². The lowest BCUT2D eigenvalue weighted by Gasteiger charge is -2.06. The average Bonchev–Trinajstić information content (AvgIpc) is 2.80. The van der Waals surface area contributed by atoms with Gasteiger partial charge in [0.05, 0.1) is 17.5 Å². The van der Waals surface area contributed by atoms with Crippen molar-refractivity contribution in [2.45, 2.75) is 13.3 Å². The Balaban J connectivity index is 1.75. The largest absolute Gasteiger partial charge is 0.342 e. The van der Waals surface area contributed by atoms with E-state index < -0.39 is 0 Å². The highest BCUT2D eigenvalue weighted by Crippen LogP contribution is 2.19. The van der Waals surface area contributed by atoms with Crippen molar-refractivity contribution in [3.8, 4) is 0 Å². The quantitative estimate of drug-likeness (QED) is 0.774. The van der Waals surface area contributed by atoms with Crippen LogP contribution in [-0.4, -0.2) is 15.9 Å². The Hall–Kier alpha value is -2.33. The van der Waals surface area contributed by atoms with Gasteiger partial charge in [-0.25, -0.2) is 4.98 Å². The van der Waals surface area contributed by atoms with Crippen LogP contribution in [0, 0.1) is 6.92 Å². The summed E-state index contributed by atoms with van der Waals surface area (Å²) in [5.41, 5.74) is 3.35. The zero-order valence-electron chi connectivity index (χ0n) is 11.5. The zero-order chi connectivity index (χ0) is 14.8. The Morgan fingerprint density at radius 2 is 2.10 bits per heavy atom. The molecule has 1 amide bonds. The Labute approximate surface area is 127 Å². The fourth-order valence-corrected chi connectivity index (χ4v) is 2.44. The molecule has 1 aromatic heterocycles. The highest BCUT2D eigenvalue weighted by molar-refractivity contribution is 6.31. The van der Waals surface area contributed by atoms with Crippen LogP contribution in [0.5, 0.6) is 0 Å². The molecule has 0 atom stereocenters. The summed E-state index contributed by atoms with van der Waals surface area (Å²) >= 11 is 6.06. The van der Waals surface area contributed by atoms with E-state index in [-0.39, 0.29) is 12.3 Å². The van der Waals surface area contributed by atoms with Gasteiger partial charge in [0.15, 0.2) is 0 Å². The minimum absolute atomic E-state index is 0.0984. The van der Waals surface area contributed by atoms with E-state index in [2.05, 4.69) is 15.3 Å². The van der Waals surface area contributed by atoms with Gasteiger partial charge in [-0.15, -0.1) is 0 Å². The van der Waals surface area contributed by atoms with Crippen LogP contribution in [0.4, 0.5) is 5.69 Å². The monoisotopic (exact) mass is 299 g/mol. The van der Waals surface area contributed by atoms with Gasteiger partial charge in [0, 0.05) is 10.7 Å². The number of benzene rings is 2. The summed E-state index contributed by atoms with van der Waals surface area (Å²) in [5.74, 6) is 0.753. The van der Waals surface area contributed by atoms with Gasteiger partial charge in [0.1, 0.15) is 5.82 Å². The summed E-state index contributed by atoms with van der Waals surface area (Å²) in [4.78, 5) is 19.6. The van der Waals surface area contributed by atoms with Crippen molar-refractivity contribution >= 4 is 34.2 Å². The second-order valence-corrected chi connectivity index (χ2v) is 5.28. The highest BCUT2D eigenvalue weighted by atomic mass is 35.5. The first kappa shape index (κ1) is 13.6. The van der Waals surface area contributed by atoms with Crippen molar-refractivity contribution < 1.29 is 4.79 Å². The SMILES string of the molecule is Cc1nc2ccc(NC(=O)Cc3ccccc3Cl)cc2[nH]1. The topological polar surface area (TPSA) is 57.8 Å². The number of aromatic amines is 1. The van der Waals surface area contributed by atoms with E-state index in [1.165, 1.54) is 0 Å². The van der Waals surface area contributed by atoms with Gasteiger partial charge in [-0.1, -0.05) is 29.8 Å². The number of aromatic nitrogens is 2. The number of aryl methyl sites for hydroxylation is 1. The maximum Gasteiger partial charge on any atom is 0.228 e. The highest BCUT2D eigenvalue weighted by Gasteiger charge is 2.08. The average molecular weight is 300 g/mol. The molecule has 2 N–H and O–H groups in total. The molecule has 1 heterocycles. The van der Waals surface area contributed by atoms with Crippen molar-refractivity contribution in [1.29, 1.82) is 0 Å². The first-order valence-electron chi connectivity index (χ1n) is 6.61. The van der Waals surface area contributed by atoms with Gasteiger partial charge >= 0.3 is 0 Å². The van der Waals surface area contributed by atoms with Gasteiger partial charge in [-0.2, -0.15) is 0 Å². The second-order valence-electron chi connectivity index (χ2n) is 4.87. The molecule has 4 nitrogen and oxygen atoms in total. The van der Waals surface area contributed by atoms with Gasteiger partial charge in [0.2, 0.25) is 5.91 Å². The van der Waals surface area contributed by atoms with E-state index in [0.29, 0.717) is 5.02 Å². The molecular formula is C16H14ClN3O. The summed E-state index contributed by atoms with van der Waals surface area (Å²) in [6.07, 6.45) is 0.250. The van der Waals surface area contributed by atoms with Gasteiger partial charge in [-0.05, 0) is 36.8 Å². The second kappa shape index (κ2) is 5.58. The number of H-pyrrole nitrogens is 1. The van der Waals surface area contributed by atoms with E-state index in [1.807, 2.05) is 43.3 Å². The molecular weight excluding hydrogens is 286 g/mol. The van der Waals surface area contributed by atoms with Gasteiger partial charge in [0.25, 0.3) is 0 Å². The number of anilines is 1. The van der Waals surface area contributed by atoms with E-state index in [0.717, 1.165) is 28.1 Å². The van der Waals surface area contributed by atoms with Crippen LogP contribution in [0.3, 0.4) is 0 Å². The minimum atomic E-state index is -0.0984. The Morgan fingerprint density at radius 3 is 2.90 bits per heavy atom. The third-order valence-electron chi connectivity index (χ3n) is 3.19. The van der Waals surface area contributed by atoms with Crippen LogP contribution >= 0.6 is 11.6 Å². The number of rotatable bonds is 3. The first-order valence-corrected chi connectivity index (χ1v) is 6.99. The molecule has 21 heavy (non-hydrogen) atoms. The smallest absolute Gasteiger partial charge is 0.228 e. The van der Waals surface area contributed by atoms with Crippen LogP contribution < -0.4 is 5.32 Å². The first-order chi connectivity index (χ1) is 10.1. The number of carbonyl (C=O) groups is 1. The number of nitrogens with zero attached hydrogens (tertiary/aromatic N) is 1. The normalized spacial score (nSPS) is 10.8.